The molecule has 2 aromatic heterocycles. The minimum absolute atomic E-state index is 0.258. The maximum absolute atomic E-state index is 5.37. The summed E-state index contributed by atoms with van der Waals surface area (Å²) in [5.41, 5.74) is 2.96. The molecule has 1 unspecified atom stereocenters. The lowest BCUT2D eigenvalue weighted by Crippen LogP contribution is -2.46. The Labute approximate surface area is 181 Å². The molecule has 1 aliphatic rings. The molecule has 0 bridgehead atoms. The molecule has 3 heterocycles. The fourth-order valence-corrected chi connectivity index (χ4v) is 4.81. The summed E-state index contributed by atoms with van der Waals surface area (Å²) in [4.78, 5) is 10.8. The SMILES string of the molecule is COc1cccc(N=c2scc(-c3cnnn3C)n2C(C)CN2CCN(C)CC2)c1. The minimum atomic E-state index is 0.258. The van der Waals surface area contributed by atoms with E-state index in [4.69, 9.17) is 9.73 Å². The number of benzene rings is 1. The molecular formula is C21H29N7OS. The third kappa shape index (κ3) is 4.48. The second-order valence-electron chi connectivity index (χ2n) is 7.78. The maximum Gasteiger partial charge on any atom is 0.190 e. The summed E-state index contributed by atoms with van der Waals surface area (Å²) >= 11 is 1.64. The number of ether oxygens (including phenoxy) is 1. The van der Waals surface area contributed by atoms with Crippen molar-refractivity contribution < 1.29 is 4.74 Å². The van der Waals surface area contributed by atoms with Gasteiger partial charge in [-0.2, -0.15) is 0 Å². The predicted molar refractivity (Wildman–Crippen MR) is 119 cm³/mol. The first-order chi connectivity index (χ1) is 14.5. The molecule has 9 heteroatoms. The number of methoxy groups -OCH3 is 1. The van der Waals surface area contributed by atoms with Crippen LogP contribution in [0, 0.1) is 0 Å². The standard InChI is InChI=1S/C21H29N7OS/c1-16(14-27-10-8-25(2)9-11-27)28-20(19-13-22-24-26(19)3)15-30-21(28)23-17-6-5-7-18(12-17)29-4/h5-7,12-13,15-16H,8-11,14H2,1-4H3. The summed E-state index contributed by atoms with van der Waals surface area (Å²) in [5.74, 6) is 0.806. The van der Waals surface area contributed by atoms with Gasteiger partial charge in [-0.3, -0.25) is 4.90 Å². The van der Waals surface area contributed by atoms with Crippen molar-refractivity contribution in [3.63, 3.8) is 0 Å². The van der Waals surface area contributed by atoms with Crippen LogP contribution in [-0.2, 0) is 7.05 Å². The van der Waals surface area contributed by atoms with E-state index in [-0.39, 0.29) is 6.04 Å². The maximum atomic E-state index is 5.37. The van der Waals surface area contributed by atoms with Crippen LogP contribution < -0.4 is 9.54 Å². The van der Waals surface area contributed by atoms with E-state index in [9.17, 15) is 0 Å². The first-order valence-corrected chi connectivity index (χ1v) is 11.1. The zero-order chi connectivity index (χ0) is 21.1. The predicted octanol–water partition coefficient (Wildman–Crippen LogP) is 2.39. The Morgan fingerprint density at radius 3 is 2.67 bits per heavy atom. The van der Waals surface area contributed by atoms with Gasteiger partial charge in [0.2, 0.25) is 0 Å². The number of thiazole rings is 1. The van der Waals surface area contributed by atoms with Crippen LogP contribution in [0.2, 0.25) is 0 Å². The molecule has 30 heavy (non-hydrogen) atoms. The van der Waals surface area contributed by atoms with E-state index in [2.05, 4.69) is 44.0 Å². The average molecular weight is 428 g/mol. The van der Waals surface area contributed by atoms with Gasteiger partial charge in [0.05, 0.1) is 24.7 Å². The highest BCUT2D eigenvalue weighted by Gasteiger charge is 2.21. The molecule has 0 aliphatic carbocycles. The first kappa shape index (κ1) is 20.8. The number of likely N-dealkylation sites (N-methyl/N-ethyl adjacent to an activating group) is 1. The summed E-state index contributed by atoms with van der Waals surface area (Å²) in [6, 6.07) is 8.12. The molecule has 1 saturated heterocycles. The van der Waals surface area contributed by atoms with Crippen LogP contribution in [0.3, 0.4) is 0 Å². The number of piperazine rings is 1. The summed E-state index contributed by atoms with van der Waals surface area (Å²) in [7, 11) is 5.79. The van der Waals surface area contributed by atoms with Crippen molar-refractivity contribution in [2.24, 2.45) is 12.0 Å². The molecule has 4 rings (SSSR count). The second kappa shape index (κ2) is 9.11. The van der Waals surface area contributed by atoms with E-state index in [1.54, 1.807) is 18.4 Å². The Bertz CT molecular complexity index is 1050. The lowest BCUT2D eigenvalue weighted by Gasteiger charge is -2.34. The number of aryl methyl sites for hydroxylation is 1. The van der Waals surface area contributed by atoms with E-state index in [0.29, 0.717) is 0 Å². The zero-order valence-electron chi connectivity index (χ0n) is 18.0. The third-order valence-corrected chi connectivity index (χ3v) is 6.40. The van der Waals surface area contributed by atoms with Gasteiger partial charge < -0.3 is 14.2 Å². The Hall–Kier alpha value is -2.49. The zero-order valence-corrected chi connectivity index (χ0v) is 18.8. The van der Waals surface area contributed by atoms with Gasteiger partial charge in [0.25, 0.3) is 0 Å². The average Bonchev–Trinajstić information content (AvgIpc) is 3.35. The Morgan fingerprint density at radius 1 is 1.17 bits per heavy atom. The van der Waals surface area contributed by atoms with Crippen LogP contribution in [0.5, 0.6) is 5.75 Å². The third-order valence-electron chi connectivity index (χ3n) is 5.56. The highest BCUT2D eigenvalue weighted by molar-refractivity contribution is 7.07. The second-order valence-corrected chi connectivity index (χ2v) is 8.62. The number of hydrogen-bond donors (Lipinski definition) is 0. The molecule has 0 amide bonds. The van der Waals surface area contributed by atoms with Crippen LogP contribution in [-0.4, -0.2) is 76.2 Å². The molecule has 0 saturated carbocycles. The van der Waals surface area contributed by atoms with Gasteiger partial charge in [-0.15, -0.1) is 16.4 Å². The number of hydrogen-bond acceptors (Lipinski definition) is 7. The highest BCUT2D eigenvalue weighted by Crippen LogP contribution is 2.24. The van der Waals surface area contributed by atoms with E-state index in [1.165, 1.54) is 0 Å². The van der Waals surface area contributed by atoms with Gasteiger partial charge in [0.1, 0.15) is 11.4 Å². The Morgan fingerprint density at radius 2 is 1.97 bits per heavy atom. The van der Waals surface area contributed by atoms with Crippen molar-refractivity contribution in [2.75, 3.05) is 46.9 Å². The number of aromatic nitrogens is 4. The normalized spacial score (nSPS) is 17.4. The molecule has 1 aliphatic heterocycles. The highest BCUT2D eigenvalue weighted by atomic mass is 32.1. The van der Waals surface area contributed by atoms with Gasteiger partial charge >= 0.3 is 0 Å². The Balaban J connectivity index is 1.72. The van der Waals surface area contributed by atoms with Gasteiger partial charge in [0.15, 0.2) is 4.80 Å². The van der Waals surface area contributed by atoms with Crippen molar-refractivity contribution in [3.05, 3.63) is 40.6 Å². The van der Waals surface area contributed by atoms with Crippen LogP contribution in [0.25, 0.3) is 11.4 Å². The van der Waals surface area contributed by atoms with Gasteiger partial charge in [-0.25, -0.2) is 9.67 Å². The van der Waals surface area contributed by atoms with E-state index < -0.39 is 0 Å². The molecule has 0 spiro atoms. The smallest absolute Gasteiger partial charge is 0.190 e. The van der Waals surface area contributed by atoms with Crippen LogP contribution in [0.15, 0.2) is 40.8 Å². The monoisotopic (exact) mass is 427 g/mol. The van der Waals surface area contributed by atoms with Crippen LogP contribution >= 0.6 is 11.3 Å². The van der Waals surface area contributed by atoms with E-state index in [0.717, 1.165) is 60.3 Å². The first-order valence-electron chi connectivity index (χ1n) is 10.2. The number of rotatable bonds is 6. The molecule has 1 aromatic carbocycles. The molecule has 8 nitrogen and oxygen atoms in total. The quantitative estimate of drug-likeness (QED) is 0.604. The summed E-state index contributed by atoms with van der Waals surface area (Å²) in [5, 5.41) is 10.4. The molecule has 3 aromatic rings. The fraction of sp³-hybridized carbons (Fsp3) is 0.476. The van der Waals surface area contributed by atoms with Gasteiger partial charge in [-0.1, -0.05) is 11.3 Å². The lowest BCUT2D eigenvalue weighted by molar-refractivity contribution is 0.140. The molecule has 160 valence electrons. The van der Waals surface area contributed by atoms with Crippen LogP contribution in [0.4, 0.5) is 5.69 Å². The fourth-order valence-electron chi connectivity index (χ4n) is 3.81. The van der Waals surface area contributed by atoms with Crippen LogP contribution in [0.1, 0.15) is 13.0 Å². The van der Waals surface area contributed by atoms with Crippen molar-refractivity contribution in [3.8, 4) is 17.1 Å². The topological polar surface area (TPSA) is 63.7 Å². The largest absolute Gasteiger partial charge is 0.497 e. The van der Waals surface area contributed by atoms with E-state index in [1.807, 2.05) is 42.2 Å². The Kier molecular flexibility index (Phi) is 6.31. The summed E-state index contributed by atoms with van der Waals surface area (Å²) in [6.45, 7) is 7.66. The number of nitrogens with zero attached hydrogens (tertiary/aromatic N) is 7. The molecule has 1 atom stereocenters. The molecular weight excluding hydrogens is 398 g/mol. The molecule has 1 fully saturated rings. The van der Waals surface area contributed by atoms with Gasteiger partial charge in [0, 0.05) is 57.3 Å². The lowest BCUT2D eigenvalue weighted by atomic mass is 10.2. The van der Waals surface area contributed by atoms with Gasteiger partial charge in [-0.05, 0) is 26.1 Å². The summed E-state index contributed by atoms with van der Waals surface area (Å²) < 4.78 is 9.50. The van der Waals surface area contributed by atoms with Crippen molar-refractivity contribution in [1.29, 1.82) is 0 Å². The molecule has 0 N–H and O–H groups in total. The summed E-state index contributed by atoms with van der Waals surface area (Å²) in [6.07, 6.45) is 1.82. The molecule has 0 radical (unpaired) electrons. The van der Waals surface area contributed by atoms with Crippen molar-refractivity contribution in [2.45, 2.75) is 13.0 Å². The van der Waals surface area contributed by atoms with Crippen molar-refractivity contribution >= 4 is 17.0 Å². The van der Waals surface area contributed by atoms with E-state index >= 15 is 0 Å². The van der Waals surface area contributed by atoms with Crippen molar-refractivity contribution in [1.82, 2.24) is 29.4 Å². The minimum Gasteiger partial charge on any atom is -0.497 e.